The van der Waals surface area contributed by atoms with Crippen LogP contribution in [0.15, 0.2) is 37.0 Å². The van der Waals surface area contributed by atoms with Crippen LogP contribution in [0.5, 0.6) is 0 Å². The zero-order valence-corrected chi connectivity index (χ0v) is 14.8. The average molecular weight is 352 g/mol. The number of carboxylic acids is 1. The predicted molar refractivity (Wildman–Crippen MR) is 98.0 cm³/mol. The third-order valence-electron chi connectivity index (χ3n) is 4.72. The lowest BCUT2D eigenvalue weighted by atomic mass is 9.89. The zero-order chi connectivity index (χ0) is 18.7. The Bertz CT molecular complexity index is 457. The van der Waals surface area contributed by atoms with E-state index in [0.29, 0.717) is 32.1 Å². The van der Waals surface area contributed by atoms with E-state index in [2.05, 4.69) is 6.58 Å². The number of rotatable bonds is 12. The number of carbonyl (C=O) groups is 1. The Morgan fingerprint density at radius 2 is 1.92 bits per heavy atom. The molecule has 1 saturated carbocycles. The molecule has 0 bridgehead atoms. The second-order valence-electron chi connectivity index (χ2n) is 6.78. The van der Waals surface area contributed by atoms with Crippen molar-refractivity contribution in [2.24, 2.45) is 11.8 Å². The molecular weight excluding hydrogens is 320 g/mol. The summed E-state index contributed by atoms with van der Waals surface area (Å²) in [5, 5.41) is 38.9. The molecule has 1 aliphatic carbocycles. The Labute approximate surface area is 150 Å². The molecule has 5 nitrogen and oxygen atoms in total. The first kappa shape index (κ1) is 21.6. The molecule has 0 aromatic rings. The molecule has 4 N–H and O–H groups in total. The van der Waals surface area contributed by atoms with Gasteiger partial charge in [0.05, 0.1) is 18.3 Å². The van der Waals surface area contributed by atoms with Crippen molar-refractivity contribution in [3.05, 3.63) is 37.0 Å². The summed E-state index contributed by atoms with van der Waals surface area (Å²) in [6.07, 6.45) is 12.4. The smallest absolute Gasteiger partial charge is 0.303 e. The molecule has 0 radical (unpaired) electrons. The van der Waals surface area contributed by atoms with Crippen LogP contribution in [-0.2, 0) is 4.79 Å². The molecule has 1 rings (SSSR count). The topological polar surface area (TPSA) is 98.0 Å². The van der Waals surface area contributed by atoms with Crippen LogP contribution in [0.2, 0.25) is 0 Å². The van der Waals surface area contributed by atoms with Crippen LogP contribution in [0.1, 0.15) is 51.4 Å². The Balaban J connectivity index is 2.47. The number of allylic oxidation sites excluding steroid dienone is 3. The van der Waals surface area contributed by atoms with E-state index in [1.165, 1.54) is 0 Å². The molecule has 0 heterocycles. The van der Waals surface area contributed by atoms with Crippen LogP contribution in [0.25, 0.3) is 0 Å². The maximum Gasteiger partial charge on any atom is 0.303 e. The van der Waals surface area contributed by atoms with E-state index in [4.69, 9.17) is 5.11 Å². The van der Waals surface area contributed by atoms with Gasteiger partial charge in [0.15, 0.2) is 0 Å². The van der Waals surface area contributed by atoms with Crippen molar-refractivity contribution in [2.75, 3.05) is 0 Å². The minimum absolute atomic E-state index is 0.0812. The number of carboxylic acid groups (broad SMARTS) is 1. The summed E-state index contributed by atoms with van der Waals surface area (Å²) in [7, 11) is 0. The van der Waals surface area contributed by atoms with Gasteiger partial charge in [0.25, 0.3) is 0 Å². The van der Waals surface area contributed by atoms with Crippen molar-refractivity contribution in [3.63, 3.8) is 0 Å². The van der Waals surface area contributed by atoms with E-state index in [-0.39, 0.29) is 18.3 Å². The predicted octanol–water partition coefficient (Wildman–Crippen LogP) is 2.82. The van der Waals surface area contributed by atoms with E-state index >= 15 is 0 Å². The summed E-state index contributed by atoms with van der Waals surface area (Å²) < 4.78 is 0. The summed E-state index contributed by atoms with van der Waals surface area (Å²) >= 11 is 0. The largest absolute Gasteiger partial charge is 0.481 e. The van der Waals surface area contributed by atoms with Gasteiger partial charge in [-0.1, -0.05) is 30.4 Å². The highest BCUT2D eigenvalue weighted by molar-refractivity contribution is 5.66. The van der Waals surface area contributed by atoms with Gasteiger partial charge in [-0.3, -0.25) is 4.79 Å². The third-order valence-corrected chi connectivity index (χ3v) is 4.72. The number of aliphatic hydroxyl groups is 3. The number of aliphatic carboxylic acids is 1. The molecule has 0 aromatic heterocycles. The van der Waals surface area contributed by atoms with Crippen LogP contribution in [0.3, 0.4) is 0 Å². The van der Waals surface area contributed by atoms with Gasteiger partial charge in [0, 0.05) is 18.8 Å². The molecule has 0 saturated heterocycles. The van der Waals surface area contributed by atoms with Gasteiger partial charge in [-0.15, -0.1) is 6.58 Å². The average Bonchev–Trinajstić information content (AvgIpc) is 2.82. The Kier molecular flexibility index (Phi) is 10.4. The highest BCUT2D eigenvalue weighted by Gasteiger charge is 2.39. The Hall–Kier alpha value is -1.43. The molecule has 0 amide bonds. The van der Waals surface area contributed by atoms with Crippen molar-refractivity contribution < 1.29 is 25.2 Å². The molecule has 0 aromatic carbocycles. The van der Waals surface area contributed by atoms with Crippen LogP contribution in [-0.4, -0.2) is 44.7 Å². The minimum Gasteiger partial charge on any atom is -0.481 e. The molecule has 1 fully saturated rings. The lowest BCUT2D eigenvalue weighted by Gasteiger charge is -2.19. The van der Waals surface area contributed by atoms with Gasteiger partial charge in [-0.2, -0.15) is 0 Å². The first-order chi connectivity index (χ1) is 12.0. The van der Waals surface area contributed by atoms with Crippen LogP contribution in [0.4, 0.5) is 0 Å². The quantitative estimate of drug-likeness (QED) is 0.320. The summed E-state index contributed by atoms with van der Waals surface area (Å²) in [5.74, 6) is -1.05. The lowest BCUT2D eigenvalue weighted by Crippen LogP contribution is -2.20. The van der Waals surface area contributed by atoms with Gasteiger partial charge in [-0.25, -0.2) is 0 Å². The molecule has 5 heteroatoms. The summed E-state index contributed by atoms with van der Waals surface area (Å²) in [6, 6.07) is 0. The highest BCUT2D eigenvalue weighted by Crippen LogP contribution is 2.36. The molecule has 3 unspecified atom stereocenters. The fraction of sp³-hybridized carbons (Fsp3) is 0.650. The van der Waals surface area contributed by atoms with Crippen molar-refractivity contribution in [1.82, 2.24) is 0 Å². The van der Waals surface area contributed by atoms with Gasteiger partial charge in [-0.05, 0) is 44.4 Å². The molecule has 5 atom stereocenters. The number of aliphatic hydroxyl groups excluding tert-OH is 3. The number of unbranched alkanes of at least 4 members (excludes halogenated alkanes) is 2. The number of hydrogen-bond acceptors (Lipinski definition) is 4. The van der Waals surface area contributed by atoms with Crippen molar-refractivity contribution in [2.45, 2.75) is 69.7 Å². The molecule has 0 spiro atoms. The van der Waals surface area contributed by atoms with E-state index < -0.39 is 24.3 Å². The number of hydrogen-bond donors (Lipinski definition) is 4. The van der Waals surface area contributed by atoms with Gasteiger partial charge in [0.2, 0.25) is 0 Å². The van der Waals surface area contributed by atoms with Gasteiger partial charge >= 0.3 is 5.97 Å². The van der Waals surface area contributed by atoms with Crippen molar-refractivity contribution in [1.29, 1.82) is 0 Å². The fourth-order valence-corrected chi connectivity index (χ4v) is 3.27. The highest BCUT2D eigenvalue weighted by atomic mass is 16.4. The monoisotopic (exact) mass is 352 g/mol. The lowest BCUT2D eigenvalue weighted by molar-refractivity contribution is -0.137. The maximum atomic E-state index is 10.5. The van der Waals surface area contributed by atoms with E-state index in [1.54, 1.807) is 6.08 Å². The van der Waals surface area contributed by atoms with Crippen molar-refractivity contribution in [3.8, 4) is 0 Å². The summed E-state index contributed by atoms with van der Waals surface area (Å²) in [6.45, 7) is 3.65. The second-order valence-corrected chi connectivity index (χ2v) is 6.78. The Morgan fingerprint density at radius 1 is 1.16 bits per heavy atom. The second kappa shape index (κ2) is 12.0. The first-order valence-corrected chi connectivity index (χ1v) is 9.16. The van der Waals surface area contributed by atoms with Gasteiger partial charge in [0.1, 0.15) is 0 Å². The molecule has 0 aliphatic heterocycles. The van der Waals surface area contributed by atoms with E-state index in [1.807, 2.05) is 24.3 Å². The van der Waals surface area contributed by atoms with Crippen molar-refractivity contribution >= 4 is 5.97 Å². The van der Waals surface area contributed by atoms with E-state index in [9.17, 15) is 20.1 Å². The van der Waals surface area contributed by atoms with Crippen LogP contribution >= 0.6 is 0 Å². The van der Waals surface area contributed by atoms with Gasteiger partial charge < -0.3 is 20.4 Å². The molecule has 1 aliphatic rings. The minimum atomic E-state index is -0.792. The van der Waals surface area contributed by atoms with E-state index in [0.717, 1.165) is 12.8 Å². The Morgan fingerprint density at radius 3 is 2.60 bits per heavy atom. The SMILES string of the molecule is C=CCCCC(O)/C=C/[C@H]1C(O)CC(O)[C@@H]1C/C=C/CCCC(=O)O. The maximum absolute atomic E-state index is 10.5. The summed E-state index contributed by atoms with van der Waals surface area (Å²) in [5.41, 5.74) is 0. The third kappa shape index (κ3) is 8.47. The molecule has 25 heavy (non-hydrogen) atoms. The molecule has 142 valence electrons. The summed E-state index contributed by atoms with van der Waals surface area (Å²) in [4.78, 5) is 10.5. The normalized spacial score (nSPS) is 28.0. The van der Waals surface area contributed by atoms with Crippen LogP contribution < -0.4 is 0 Å². The molecular formula is C20H32O5. The zero-order valence-electron chi connectivity index (χ0n) is 14.8. The first-order valence-electron chi connectivity index (χ1n) is 9.16. The standard InChI is InChI=1S/C20H32O5/c1-2-3-6-9-15(21)12-13-17-16(18(22)14-19(17)23)10-7-4-5-8-11-20(24)25/h2,4,7,12-13,15-19,21-23H,1,3,5-6,8-11,14H2,(H,24,25)/b7-4+,13-12+/t15?,16-,17-,18?,19?/m1/s1. The van der Waals surface area contributed by atoms with Crippen LogP contribution in [0, 0.1) is 11.8 Å². The fourth-order valence-electron chi connectivity index (χ4n) is 3.27.